The van der Waals surface area contributed by atoms with Crippen LogP contribution in [-0.2, 0) is 6.54 Å². The Balaban J connectivity index is 2.03. The number of aromatic nitrogens is 1. The van der Waals surface area contributed by atoms with E-state index in [0.717, 1.165) is 6.42 Å². The number of alkyl halides is 2. The minimum atomic E-state index is -2.45. The maximum atomic E-state index is 13.4. The van der Waals surface area contributed by atoms with E-state index in [4.69, 9.17) is 0 Å². The minimum Gasteiger partial charge on any atom is -0.350 e. The Labute approximate surface area is 107 Å². The third-order valence-corrected chi connectivity index (χ3v) is 3.94. The predicted molar refractivity (Wildman–Crippen MR) is 68.8 cm³/mol. The molecule has 0 spiro atoms. The smallest absolute Gasteiger partial charge is 0.248 e. The average Bonchev–Trinajstić information content (AvgIpc) is 2.75. The summed E-state index contributed by atoms with van der Waals surface area (Å²) in [5, 5.41) is 3.19. The van der Waals surface area contributed by atoms with Gasteiger partial charge in [-0.25, -0.2) is 8.78 Å². The summed E-state index contributed by atoms with van der Waals surface area (Å²) in [5.41, 5.74) is 1.17. The molecule has 2 unspecified atom stereocenters. The molecule has 1 heterocycles. The average molecular weight is 256 g/mol. The second-order valence-electron chi connectivity index (χ2n) is 5.41. The molecule has 102 valence electrons. The molecule has 2 rings (SSSR count). The van der Waals surface area contributed by atoms with Gasteiger partial charge < -0.3 is 9.88 Å². The quantitative estimate of drug-likeness (QED) is 0.871. The lowest BCUT2D eigenvalue weighted by molar-refractivity contribution is -0.0548. The summed E-state index contributed by atoms with van der Waals surface area (Å²) in [5.74, 6) is -2.35. The van der Waals surface area contributed by atoms with Gasteiger partial charge in [-0.15, -0.1) is 0 Å². The fourth-order valence-corrected chi connectivity index (χ4v) is 2.84. The molecular formula is C14H22F2N2. The van der Waals surface area contributed by atoms with Crippen LogP contribution in [-0.4, -0.2) is 17.5 Å². The highest BCUT2D eigenvalue weighted by Crippen LogP contribution is 2.37. The first-order valence-corrected chi connectivity index (χ1v) is 6.72. The lowest BCUT2D eigenvalue weighted by Gasteiger charge is -2.30. The maximum absolute atomic E-state index is 13.4. The van der Waals surface area contributed by atoms with Gasteiger partial charge in [0.2, 0.25) is 5.92 Å². The van der Waals surface area contributed by atoms with E-state index in [1.807, 2.05) is 19.3 Å². The van der Waals surface area contributed by atoms with E-state index >= 15 is 0 Å². The van der Waals surface area contributed by atoms with Crippen molar-refractivity contribution in [3.05, 3.63) is 24.0 Å². The van der Waals surface area contributed by atoms with Crippen LogP contribution >= 0.6 is 0 Å². The Kier molecular flexibility index (Phi) is 4.05. The maximum Gasteiger partial charge on any atom is 0.248 e. The van der Waals surface area contributed by atoms with Gasteiger partial charge in [0.15, 0.2) is 0 Å². The van der Waals surface area contributed by atoms with Crippen LogP contribution in [0, 0.1) is 5.92 Å². The summed E-state index contributed by atoms with van der Waals surface area (Å²) in [7, 11) is 1.91. The molecule has 1 saturated carbocycles. The molecule has 0 saturated heterocycles. The minimum absolute atomic E-state index is 0.0402. The number of hydrogen-bond donors (Lipinski definition) is 1. The van der Waals surface area contributed by atoms with Crippen LogP contribution < -0.4 is 5.32 Å². The van der Waals surface area contributed by atoms with Crippen molar-refractivity contribution in [3.8, 4) is 0 Å². The Morgan fingerprint density at radius 3 is 3.00 bits per heavy atom. The van der Waals surface area contributed by atoms with Crippen molar-refractivity contribution in [3.63, 3.8) is 0 Å². The van der Waals surface area contributed by atoms with Gasteiger partial charge in [-0.2, -0.15) is 0 Å². The van der Waals surface area contributed by atoms with E-state index in [2.05, 4.69) is 22.9 Å². The van der Waals surface area contributed by atoms with Gasteiger partial charge in [0.05, 0.1) is 0 Å². The molecule has 1 fully saturated rings. The Morgan fingerprint density at radius 1 is 1.56 bits per heavy atom. The molecule has 1 aliphatic carbocycles. The summed E-state index contributed by atoms with van der Waals surface area (Å²) in [6, 6.07) is 4.30. The zero-order valence-electron chi connectivity index (χ0n) is 11.1. The first kappa shape index (κ1) is 13.5. The third-order valence-electron chi connectivity index (χ3n) is 3.94. The van der Waals surface area contributed by atoms with Gasteiger partial charge in [0, 0.05) is 37.3 Å². The molecule has 18 heavy (non-hydrogen) atoms. The van der Waals surface area contributed by atoms with Gasteiger partial charge in [0.25, 0.3) is 0 Å². The van der Waals surface area contributed by atoms with Crippen LogP contribution in [0.5, 0.6) is 0 Å². The van der Waals surface area contributed by atoms with Crippen molar-refractivity contribution in [2.24, 2.45) is 5.92 Å². The topological polar surface area (TPSA) is 17.0 Å². The highest BCUT2D eigenvalue weighted by Gasteiger charge is 2.36. The number of nitrogens with zero attached hydrogens (tertiary/aromatic N) is 1. The van der Waals surface area contributed by atoms with Gasteiger partial charge in [-0.05, 0) is 44.9 Å². The lowest BCUT2D eigenvalue weighted by Crippen LogP contribution is -2.29. The van der Waals surface area contributed by atoms with Crippen molar-refractivity contribution in [2.45, 2.75) is 51.1 Å². The van der Waals surface area contributed by atoms with Gasteiger partial charge in [-0.1, -0.05) is 0 Å². The van der Waals surface area contributed by atoms with Crippen LogP contribution in [0.25, 0.3) is 0 Å². The largest absolute Gasteiger partial charge is 0.350 e. The molecule has 4 heteroatoms. The van der Waals surface area contributed by atoms with Crippen LogP contribution in [0.2, 0.25) is 0 Å². The second kappa shape index (κ2) is 5.39. The van der Waals surface area contributed by atoms with Gasteiger partial charge in [0.1, 0.15) is 0 Å². The number of nitrogens with one attached hydrogen (secondary N) is 1. The molecule has 1 aromatic heterocycles. The SMILES string of the molecule is CNC(C)c1cccn1CC1CCCC(F)(F)C1. The summed E-state index contributed by atoms with van der Waals surface area (Å²) >= 11 is 0. The van der Waals surface area contributed by atoms with Gasteiger partial charge >= 0.3 is 0 Å². The summed E-state index contributed by atoms with van der Waals surface area (Å²) in [4.78, 5) is 0. The number of halogens is 2. The van der Waals surface area contributed by atoms with Crippen LogP contribution in [0.3, 0.4) is 0 Å². The molecule has 1 N–H and O–H groups in total. The van der Waals surface area contributed by atoms with Crippen molar-refractivity contribution in [2.75, 3.05) is 7.05 Å². The molecule has 0 radical (unpaired) electrons. The molecule has 0 amide bonds. The van der Waals surface area contributed by atoms with E-state index in [1.54, 1.807) is 0 Å². The first-order valence-electron chi connectivity index (χ1n) is 6.72. The van der Waals surface area contributed by atoms with E-state index in [0.29, 0.717) is 13.0 Å². The van der Waals surface area contributed by atoms with Crippen LogP contribution in [0.4, 0.5) is 8.78 Å². The molecular weight excluding hydrogens is 234 g/mol. The van der Waals surface area contributed by atoms with Gasteiger partial charge in [-0.3, -0.25) is 0 Å². The highest BCUT2D eigenvalue weighted by atomic mass is 19.3. The molecule has 1 aromatic rings. The Morgan fingerprint density at radius 2 is 2.33 bits per heavy atom. The van der Waals surface area contributed by atoms with Crippen molar-refractivity contribution >= 4 is 0 Å². The van der Waals surface area contributed by atoms with Crippen molar-refractivity contribution in [1.82, 2.24) is 9.88 Å². The molecule has 2 nitrogen and oxygen atoms in total. The van der Waals surface area contributed by atoms with Crippen molar-refractivity contribution in [1.29, 1.82) is 0 Å². The third kappa shape index (κ3) is 3.10. The highest BCUT2D eigenvalue weighted by molar-refractivity contribution is 5.11. The summed E-state index contributed by atoms with van der Waals surface area (Å²) in [6.45, 7) is 2.80. The zero-order valence-corrected chi connectivity index (χ0v) is 11.1. The molecule has 0 aliphatic heterocycles. The van der Waals surface area contributed by atoms with E-state index in [9.17, 15) is 8.78 Å². The molecule has 1 aliphatic rings. The Hall–Kier alpha value is -0.900. The van der Waals surface area contributed by atoms with E-state index in [-0.39, 0.29) is 24.8 Å². The standard InChI is InChI=1S/C14H22F2N2/c1-11(17-2)13-6-4-8-18(13)10-12-5-3-7-14(15,16)9-12/h4,6,8,11-12,17H,3,5,7,9-10H2,1-2H3. The Bertz CT molecular complexity index is 387. The first-order chi connectivity index (χ1) is 8.52. The second-order valence-corrected chi connectivity index (χ2v) is 5.41. The molecule has 0 bridgehead atoms. The number of hydrogen-bond acceptors (Lipinski definition) is 1. The number of rotatable bonds is 4. The fraction of sp³-hybridized carbons (Fsp3) is 0.714. The fourth-order valence-electron chi connectivity index (χ4n) is 2.84. The summed E-state index contributed by atoms with van der Waals surface area (Å²) in [6.07, 6.45) is 3.67. The zero-order chi connectivity index (χ0) is 13.2. The van der Waals surface area contributed by atoms with Crippen LogP contribution in [0.1, 0.15) is 44.3 Å². The van der Waals surface area contributed by atoms with E-state index < -0.39 is 5.92 Å². The molecule has 0 aromatic carbocycles. The van der Waals surface area contributed by atoms with Crippen molar-refractivity contribution < 1.29 is 8.78 Å². The normalized spacial score (nSPS) is 25.0. The lowest BCUT2D eigenvalue weighted by atomic mass is 9.86. The summed E-state index contributed by atoms with van der Waals surface area (Å²) < 4.78 is 28.9. The molecule has 2 atom stereocenters. The monoisotopic (exact) mass is 256 g/mol. The van der Waals surface area contributed by atoms with E-state index in [1.165, 1.54) is 5.69 Å². The predicted octanol–water partition coefficient (Wildman–Crippen LogP) is 3.59. The van der Waals surface area contributed by atoms with Crippen LogP contribution in [0.15, 0.2) is 18.3 Å².